The highest BCUT2D eigenvalue weighted by Crippen LogP contribution is 2.38. The molecule has 0 N–H and O–H groups in total. The van der Waals surface area contributed by atoms with E-state index in [1.165, 1.54) is 12.8 Å². The van der Waals surface area contributed by atoms with Crippen molar-refractivity contribution in [1.82, 2.24) is 29.8 Å². The molecule has 0 bridgehead atoms. The van der Waals surface area contributed by atoms with Gasteiger partial charge in [-0.1, -0.05) is 5.16 Å². The van der Waals surface area contributed by atoms with Gasteiger partial charge in [0, 0.05) is 19.0 Å². The van der Waals surface area contributed by atoms with Gasteiger partial charge in [0.25, 0.3) is 0 Å². The Morgan fingerprint density at radius 3 is 3.10 bits per heavy atom. The van der Waals surface area contributed by atoms with Crippen LogP contribution in [0.5, 0.6) is 0 Å². The third kappa shape index (κ3) is 3.11. The summed E-state index contributed by atoms with van der Waals surface area (Å²) in [6, 6.07) is 0. The van der Waals surface area contributed by atoms with E-state index in [0.29, 0.717) is 31.5 Å². The van der Waals surface area contributed by atoms with Crippen LogP contribution >= 0.6 is 0 Å². The molecule has 0 radical (unpaired) electrons. The Kier molecular flexibility index (Phi) is 3.40. The molecule has 0 unspecified atom stereocenters. The van der Waals surface area contributed by atoms with Crippen molar-refractivity contribution in [1.29, 1.82) is 0 Å². The van der Waals surface area contributed by atoms with Gasteiger partial charge in [0.1, 0.15) is 12.7 Å². The lowest BCUT2D eigenvalue weighted by atomic mass is 10.2. The Balaban J connectivity index is 1.33. The maximum atomic E-state index is 5.78. The van der Waals surface area contributed by atoms with Crippen LogP contribution < -0.4 is 0 Å². The van der Waals surface area contributed by atoms with Crippen LogP contribution in [0.25, 0.3) is 0 Å². The monoisotopic (exact) mass is 290 g/mol. The summed E-state index contributed by atoms with van der Waals surface area (Å²) in [5.41, 5.74) is 0. The first-order valence-electron chi connectivity index (χ1n) is 7.35. The van der Waals surface area contributed by atoms with Crippen molar-refractivity contribution < 1.29 is 9.26 Å². The molecule has 1 aliphatic carbocycles. The Morgan fingerprint density at radius 1 is 1.33 bits per heavy atom. The standard InChI is InChI=1S/C13H18N6O2/c1-2-10(1)13-16-12(21-17-13)7-18-3-4-20-11(5-18)6-19-9-14-8-15-19/h8-11H,1-7H2/t11-/m1/s1. The highest BCUT2D eigenvalue weighted by atomic mass is 16.5. The lowest BCUT2D eigenvalue weighted by Gasteiger charge is -2.31. The molecular weight excluding hydrogens is 272 g/mol. The molecule has 2 aromatic rings. The van der Waals surface area contributed by atoms with E-state index in [0.717, 1.165) is 18.9 Å². The van der Waals surface area contributed by atoms with Gasteiger partial charge in [0.05, 0.1) is 25.8 Å². The van der Waals surface area contributed by atoms with Crippen LogP contribution in [0.15, 0.2) is 17.2 Å². The van der Waals surface area contributed by atoms with Crippen LogP contribution in [0, 0.1) is 0 Å². The van der Waals surface area contributed by atoms with E-state index < -0.39 is 0 Å². The number of hydrogen-bond acceptors (Lipinski definition) is 7. The molecule has 0 spiro atoms. The second-order valence-corrected chi connectivity index (χ2v) is 5.67. The first-order chi connectivity index (χ1) is 10.4. The molecule has 8 heteroatoms. The summed E-state index contributed by atoms with van der Waals surface area (Å²) >= 11 is 0. The summed E-state index contributed by atoms with van der Waals surface area (Å²) in [6.45, 7) is 3.84. The molecule has 2 aliphatic rings. The molecule has 1 saturated heterocycles. The lowest BCUT2D eigenvalue weighted by Crippen LogP contribution is -2.43. The van der Waals surface area contributed by atoms with Crippen LogP contribution in [0.2, 0.25) is 0 Å². The van der Waals surface area contributed by atoms with Gasteiger partial charge < -0.3 is 9.26 Å². The molecule has 4 rings (SSSR count). The zero-order valence-corrected chi connectivity index (χ0v) is 11.8. The van der Waals surface area contributed by atoms with E-state index in [-0.39, 0.29) is 6.10 Å². The molecule has 0 amide bonds. The molecule has 1 saturated carbocycles. The molecular formula is C13H18N6O2. The van der Waals surface area contributed by atoms with E-state index in [1.54, 1.807) is 17.3 Å². The molecule has 0 aromatic carbocycles. The zero-order chi connectivity index (χ0) is 14.1. The van der Waals surface area contributed by atoms with Crippen LogP contribution in [0.3, 0.4) is 0 Å². The van der Waals surface area contributed by atoms with Gasteiger partial charge in [-0.2, -0.15) is 10.1 Å². The summed E-state index contributed by atoms with van der Waals surface area (Å²) < 4.78 is 12.9. The van der Waals surface area contributed by atoms with Crippen LogP contribution in [0.4, 0.5) is 0 Å². The molecule has 112 valence electrons. The maximum absolute atomic E-state index is 5.78. The van der Waals surface area contributed by atoms with Gasteiger partial charge in [-0.25, -0.2) is 4.98 Å². The quantitative estimate of drug-likeness (QED) is 0.790. The lowest BCUT2D eigenvalue weighted by molar-refractivity contribution is -0.0426. The second-order valence-electron chi connectivity index (χ2n) is 5.67. The minimum atomic E-state index is 0.117. The summed E-state index contributed by atoms with van der Waals surface area (Å²) in [5, 5.41) is 8.17. The zero-order valence-electron chi connectivity index (χ0n) is 11.8. The van der Waals surface area contributed by atoms with Crippen molar-refractivity contribution in [2.24, 2.45) is 0 Å². The van der Waals surface area contributed by atoms with Crippen molar-refractivity contribution in [3.63, 3.8) is 0 Å². The fourth-order valence-corrected chi connectivity index (χ4v) is 2.60. The van der Waals surface area contributed by atoms with Gasteiger partial charge in [-0.15, -0.1) is 0 Å². The first-order valence-corrected chi connectivity index (χ1v) is 7.35. The van der Waals surface area contributed by atoms with Gasteiger partial charge in [-0.3, -0.25) is 9.58 Å². The third-order valence-electron chi connectivity index (χ3n) is 3.87. The summed E-state index contributed by atoms with van der Waals surface area (Å²) in [5.74, 6) is 2.11. The smallest absolute Gasteiger partial charge is 0.240 e. The van der Waals surface area contributed by atoms with Gasteiger partial charge in [0.15, 0.2) is 5.82 Å². The normalized spacial score (nSPS) is 23.5. The maximum Gasteiger partial charge on any atom is 0.240 e. The highest BCUT2D eigenvalue weighted by molar-refractivity contribution is 5.03. The van der Waals surface area contributed by atoms with Gasteiger partial charge in [-0.05, 0) is 12.8 Å². The van der Waals surface area contributed by atoms with Crippen molar-refractivity contribution in [3.8, 4) is 0 Å². The Hall–Kier alpha value is -1.80. The molecule has 3 heterocycles. The fraction of sp³-hybridized carbons (Fsp3) is 0.692. The average Bonchev–Trinajstić information content (AvgIpc) is 3.02. The number of morpholine rings is 1. The highest BCUT2D eigenvalue weighted by Gasteiger charge is 2.29. The van der Waals surface area contributed by atoms with Crippen molar-refractivity contribution in [2.45, 2.75) is 38.0 Å². The largest absolute Gasteiger partial charge is 0.374 e. The van der Waals surface area contributed by atoms with Gasteiger partial charge >= 0.3 is 0 Å². The second kappa shape index (κ2) is 5.53. The summed E-state index contributed by atoms with van der Waals surface area (Å²) in [7, 11) is 0. The van der Waals surface area contributed by atoms with Crippen molar-refractivity contribution in [3.05, 3.63) is 24.4 Å². The number of ether oxygens (including phenoxy) is 1. The van der Waals surface area contributed by atoms with E-state index in [9.17, 15) is 0 Å². The Morgan fingerprint density at radius 2 is 2.29 bits per heavy atom. The number of hydrogen-bond donors (Lipinski definition) is 0. The predicted octanol–water partition coefficient (Wildman–Crippen LogP) is 0.439. The Labute approximate surface area is 122 Å². The summed E-state index contributed by atoms with van der Waals surface area (Å²) in [6.07, 6.45) is 5.75. The van der Waals surface area contributed by atoms with Crippen molar-refractivity contribution in [2.75, 3.05) is 19.7 Å². The topological polar surface area (TPSA) is 82.1 Å². The predicted molar refractivity (Wildman–Crippen MR) is 71.3 cm³/mol. The molecule has 21 heavy (non-hydrogen) atoms. The number of rotatable bonds is 5. The Bertz CT molecular complexity index is 579. The number of nitrogens with zero attached hydrogens (tertiary/aromatic N) is 6. The number of aromatic nitrogens is 5. The summed E-state index contributed by atoms with van der Waals surface area (Å²) in [4.78, 5) is 10.7. The molecule has 2 fully saturated rings. The van der Waals surface area contributed by atoms with Crippen LogP contribution in [0.1, 0.15) is 30.5 Å². The average molecular weight is 290 g/mol. The molecule has 2 aromatic heterocycles. The van der Waals surface area contributed by atoms with Crippen LogP contribution in [-0.2, 0) is 17.8 Å². The fourth-order valence-electron chi connectivity index (χ4n) is 2.60. The van der Waals surface area contributed by atoms with Crippen molar-refractivity contribution >= 4 is 0 Å². The first kappa shape index (κ1) is 12.9. The van der Waals surface area contributed by atoms with Crippen LogP contribution in [-0.4, -0.2) is 55.6 Å². The van der Waals surface area contributed by atoms with E-state index >= 15 is 0 Å². The molecule has 8 nitrogen and oxygen atoms in total. The minimum Gasteiger partial charge on any atom is -0.374 e. The molecule has 1 aliphatic heterocycles. The SMILES string of the molecule is c1ncn(C[C@H]2CN(Cc3nc(C4CC4)no3)CCO2)n1. The minimum absolute atomic E-state index is 0.117. The molecule has 1 atom stereocenters. The van der Waals surface area contributed by atoms with E-state index in [4.69, 9.17) is 9.26 Å². The van der Waals surface area contributed by atoms with Gasteiger partial charge in [0.2, 0.25) is 5.89 Å². The third-order valence-corrected chi connectivity index (χ3v) is 3.87. The van der Waals surface area contributed by atoms with E-state index in [1.807, 2.05) is 0 Å². The van der Waals surface area contributed by atoms with E-state index in [2.05, 4.69) is 25.1 Å².